The molecule has 0 saturated carbocycles. The van der Waals surface area contributed by atoms with Gasteiger partial charge in [0.05, 0.1) is 21.0 Å². The number of hydrogen-bond donors (Lipinski definition) is 1. The summed E-state index contributed by atoms with van der Waals surface area (Å²) in [4.78, 5) is 20.1. The van der Waals surface area contributed by atoms with E-state index in [1.165, 1.54) is 0 Å². The number of phosphoric acid groups is 1. The first kappa shape index (κ1) is 24.1. The van der Waals surface area contributed by atoms with Crippen LogP contribution in [0.3, 0.4) is 0 Å². The molecule has 0 aliphatic rings. The number of phosphoric ester groups is 1. The Bertz CT molecular complexity index is 200. The quantitative estimate of drug-likeness (QED) is 0.257. The van der Waals surface area contributed by atoms with E-state index in [4.69, 9.17) is 9.84 Å². The number of aliphatic hydroxyl groups excluding tert-OH is 1. The molecule has 0 aromatic rings. The molecule has 9 heteroatoms. The molecule has 0 spiro atoms. The predicted molar refractivity (Wildman–Crippen MR) is 49.9 cm³/mol. The van der Waals surface area contributed by atoms with Gasteiger partial charge in [-0.2, -0.15) is 0 Å². The zero-order chi connectivity index (χ0) is 11.7. The Morgan fingerprint density at radius 1 is 1.24 bits per heavy atom. The summed E-state index contributed by atoms with van der Waals surface area (Å²) in [5.41, 5.74) is 0. The maximum Gasteiger partial charge on any atom is 1.00 e. The Kier molecular flexibility index (Phi) is 20.4. The van der Waals surface area contributed by atoms with E-state index in [-0.39, 0.29) is 65.7 Å². The van der Waals surface area contributed by atoms with Gasteiger partial charge in [-0.15, -0.1) is 0 Å². The Balaban J connectivity index is -0.000000980. The van der Waals surface area contributed by atoms with E-state index in [1.54, 1.807) is 0 Å². The third-order valence-electron chi connectivity index (χ3n) is 1.63. The van der Waals surface area contributed by atoms with Crippen LogP contribution in [0.25, 0.3) is 0 Å². The largest absolute Gasteiger partial charge is 1.00 e. The van der Waals surface area contributed by atoms with Gasteiger partial charge in [0.2, 0.25) is 0 Å². The van der Waals surface area contributed by atoms with Crippen molar-refractivity contribution in [2.75, 3.05) is 19.8 Å². The molecule has 1 N–H and O–H groups in total. The van der Waals surface area contributed by atoms with Crippen molar-refractivity contribution in [2.24, 2.45) is 0 Å². The fraction of sp³-hybridized carbons (Fsp3) is 1.00. The van der Waals surface area contributed by atoms with Crippen LogP contribution < -0.4 is 68.9 Å². The topological polar surface area (TPSA) is 102 Å². The minimum Gasteiger partial charge on any atom is -0.790 e. The van der Waals surface area contributed by atoms with Gasteiger partial charge in [-0.1, -0.05) is 19.8 Å². The van der Waals surface area contributed by atoms with Gasteiger partial charge in [0.1, 0.15) is 6.10 Å². The number of aliphatic hydroxyl groups is 1. The Hall–Kier alpha value is 2.03. The van der Waals surface area contributed by atoms with E-state index in [0.29, 0.717) is 6.61 Å². The van der Waals surface area contributed by atoms with Crippen molar-refractivity contribution in [3.8, 4) is 0 Å². The summed E-state index contributed by atoms with van der Waals surface area (Å²) in [5.74, 6) is 0. The summed E-state index contributed by atoms with van der Waals surface area (Å²) in [6.45, 7) is 2.00. The van der Waals surface area contributed by atoms with E-state index in [1.807, 2.05) is 0 Å². The van der Waals surface area contributed by atoms with E-state index in [9.17, 15) is 14.4 Å². The maximum atomic E-state index is 10.0. The van der Waals surface area contributed by atoms with E-state index in [2.05, 4.69) is 11.4 Å². The molecule has 6 nitrogen and oxygen atoms in total. The Morgan fingerprint density at radius 3 is 2.29 bits per heavy atom. The van der Waals surface area contributed by atoms with Crippen LogP contribution in [0, 0.1) is 0 Å². The number of rotatable bonds is 9. The molecule has 0 amide bonds. The van der Waals surface area contributed by atoms with Crippen molar-refractivity contribution < 1.29 is 87.8 Å². The van der Waals surface area contributed by atoms with Crippen molar-refractivity contribution in [1.82, 2.24) is 0 Å². The first-order valence-electron chi connectivity index (χ1n) is 4.88. The maximum absolute atomic E-state index is 10.0. The molecule has 0 saturated heterocycles. The van der Waals surface area contributed by atoms with Crippen molar-refractivity contribution in [1.29, 1.82) is 0 Å². The SMILES string of the molecule is CCCCCOCC(O)COP(=O)([O-])[O-].[Na+].[Na+]. The first-order valence-corrected chi connectivity index (χ1v) is 6.34. The second kappa shape index (κ2) is 14.4. The molecule has 0 bridgehead atoms. The van der Waals surface area contributed by atoms with Crippen LogP contribution in [0.1, 0.15) is 26.2 Å². The Morgan fingerprint density at radius 2 is 1.82 bits per heavy atom. The van der Waals surface area contributed by atoms with Crippen molar-refractivity contribution in [3.05, 3.63) is 0 Å². The van der Waals surface area contributed by atoms with Crippen molar-refractivity contribution >= 4 is 7.82 Å². The number of hydrogen-bond acceptors (Lipinski definition) is 6. The van der Waals surface area contributed by atoms with Crippen LogP contribution in [0.2, 0.25) is 0 Å². The summed E-state index contributed by atoms with van der Waals surface area (Å²) in [6.07, 6.45) is 1.93. The smallest absolute Gasteiger partial charge is 0.790 e. The summed E-state index contributed by atoms with van der Waals surface area (Å²) in [5, 5.41) is 9.12. The standard InChI is InChI=1S/C8H19O6P.2Na/c1-2-3-4-5-13-6-8(9)7-14-15(10,11)12;;/h8-9H,2-7H2,1H3,(H2,10,11,12);;/q;2*+1/p-2. The molecule has 1 unspecified atom stereocenters. The molecular weight excluding hydrogens is 269 g/mol. The molecule has 0 aromatic heterocycles. The minimum atomic E-state index is -4.98. The summed E-state index contributed by atoms with van der Waals surface area (Å²) in [6, 6.07) is 0. The molecule has 0 aromatic carbocycles. The van der Waals surface area contributed by atoms with Crippen molar-refractivity contribution in [3.63, 3.8) is 0 Å². The first-order chi connectivity index (χ1) is 6.95. The average molecular weight is 286 g/mol. The van der Waals surface area contributed by atoms with E-state index >= 15 is 0 Å². The number of ether oxygens (including phenoxy) is 1. The van der Waals surface area contributed by atoms with Crippen LogP contribution in [-0.2, 0) is 13.8 Å². The molecule has 92 valence electrons. The molecule has 0 heterocycles. The van der Waals surface area contributed by atoms with Gasteiger partial charge in [0.25, 0.3) is 0 Å². The van der Waals surface area contributed by atoms with Crippen LogP contribution in [0.5, 0.6) is 0 Å². The third kappa shape index (κ3) is 20.5. The molecule has 0 radical (unpaired) electrons. The summed E-state index contributed by atoms with van der Waals surface area (Å²) < 4.78 is 19.0. The van der Waals surface area contributed by atoms with Crippen molar-refractivity contribution in [2.45, 2.75) is 32.3 Å². The van der Waals surface area contributed by atoms with Gasteiger partial charge < -0.3 is 28.7 Å². The number of unbranched alkanes of at least 4 members (excludes halogenated alkanes) is 2. The summed E-state index contributed by atoms with van der Waals surface area (Å²) >= 11 is 0. The normalized spacial score (nSPS) is 12.5. The fourth-order valence-electron chi connectivity index (χ4n) is 0.899. The molecule has 0 fully saturated rings. The molecule has 0 rings (SSSR count). The van der Waals surface area contributed by atoms with Crippen LogP contribution in [0.4, 0.5) is 0 Å². The minimum absolute atomic E-state index is 0. The van der Waals surface area contributed by atoms with Gasteiger partial charge in [-0.05, 0) is 6.42 Å². The third-order valence-corrected chi connectivity index (χ3v) is 2.09. The van der Waals surface area contributed by atoms with E-state index in [0.717, 1.165) is 19.3 Å². The van der Waals surface area contributed by atoms with Gasteiger partial charge in [-0.3, -0.25) is 0 Å². The zero-order valence-corrected chi connectivity index (χ0v) is 15.7. The fourth-order valence-corrected chi connectivity index (χ4v) is 1.25. The summed E-state index contributed by atoms with van der Waals surface area (Å²) in [7, 11) is -4.98. The predicted octanol–water partition coefficient (Wildman–Crippen LogP) is -6.59. The zero-order valence-electron chi connectivity index (χ0n) is 10.8. The second-order valence-electron chi connectivity index (χ2n) is 3.18. The molecule has 17 heavy (non-hydrogen) atoms. The average Bonchev–Trinajstić information content (AvgIpc) is 2.13. The molecule has 0 aliphatic heterocycles. The van der Waals surface area contributed by atoms with Gasteiger partial charge in [0.15, 0.2) is 0 Å². The van der Waals surface area contributed by atoms with Crippen LogP contribution >= 0.6 is 7.82 Å². The molecular formula is C8H17Na2O6P. The van der Waals surface area contributed by atoms with E-state index < -0.39 is 20.5 Å². The second-order valence-corrected chi connectivity index (χ2v) is 4.33. The Labute approximate surface area is 146 Å². The molecule has 1 atom stereocenters. The monoisotopic (exact) mass is 286 g/mol. The molecule has 0 aliphatic carbocycles. The van der Waals surface area contributed by atoms with Crippen LogP contribution in [0.15, 0.2) is 0 Å². The van der Waals surface area contributed by atoms with Gasteiger partial charge in [0, 0.05) is 6.61 Å². The van der Waals surface area contributed by atoms with Crippen LogP contribution in [-0.4, -0.2) is 31.0 Å². The van der Waals surface area contributed by atoms with Gasteiger partial charge in [-0.25, -0.2) is 0 Å². The van der Waals surface area contributed by atoms with Gasteiger partial charge >= 0.3 is 59.1 Å².